The number of amides is 2. The highest BCUT2D eigenvalue weighted by Gasteiger charge is 2.47. The van der Waals surface area contributed by atoms with Gasteiger partial charge in [0.25, 0.3) is 5.91 Å². The molecule has 3 atom stereocenters. The SMILES string of the molecule is CCC(C)N(CCCNC(=O)C1c2ccccc2C(=O)N(C2CCCC2)C1c1cccs1)Cc1ccco1. The maximum absolute atomic E-state index is 14.0. The van der Waals surface area contributed by atoms with Crippen molar-refractivity contribution in [3.8, 4) is 0 Å². The molecule has 1 aromatic carbocycles. The Balaban J connectivity index is 1.34. The molecule has 0 radical (unpaired) electrons. The molecule has 38 heavy (non-hydrogen) atoms. The Morgan fingerprint density at radius 3 is 2.68 bits per heavy atom. The highest BCUT2D eigenvalue weighted by molar-refractivity contribution is 7.10. The average molecular weight is 534 g/mol. The summed E-state index contributed by atoms with van der Waals surface area (Å²) in [6.07, 6.45) is 7.90. The number of carbonyl (C=O) groups excluding carboxylic acids is 2. The Hall–Kier alpha value is -2.90. The van der Waals surface area contributed by atoms with Crippen LogP contribution < -0.4 is 5.32 Å². The van der Waals surface area contributed by atoms with E-state index in [0.29, 0.717) is 18.2 Å². The molecule has 2 aliphatic rings. The topological polar surface area (TPSA) is 65.8 Å². The van der Waals surface area contributed by atoms with E-state index in [1.54, 1.807) is 17.6 Å². The first kappa shape index (κ1) is 26.7. The summed E-state index contributed by atoms with van der Waals surface area (Å²) in [7, 11) is 0. The first-order valence-electron chi connectivity index (χ1n) is 14.1. The van der Waals surface area contributed by atoms with E-state index >= 15 is 0 Å². The van der Waals surface area contributed by atoms with Crippen LogP contribution in [0.15, 0.2) is 64.6 Å². The quantitative estimate of drug-likeness (QED) is 0.291. The lowest BCUT2D eigenvalue weighted by Gasteiger charge is -2.44. The largest absolute Gasteiger partial charge is 0.468 e. The molecule has 0 saturated heterocycles. The van der Waals surface area contributed by atoms with E-state index in [0.717, 1.165) is 67.8 Å². The number of benzene rings is 1. The van der Waals surface area contributed by atoms with Crippen molar-refractivity contribution in [3.63, 3.8) is 0 Å². The fourth-order valence-corrected chi connectivity index (χ4v) is 6.96. The van der Waals surface area contributed by atoms with E-state index in [1.165, 1.54) is 0 Å². The first-order chi connectivity index (χ1) is 18.6. The van der Waals surface area contributed by atoms with Gasteiger partial charge in [-0.3, -0.25) is 14.5 Å². The van der Waals surface area contributed by atoms with E-state index in [-0.39, 0.29) is 23.9 Å². The number of thiophene rings is 1. The second-order valence-corrected chi connectivity index (χ2v) is 11.6. The van der Waals surface area contributed by atoms with E-state index < -0.39 is 5.92 Å². The summed E-state index contributed by atoms with van der Waals surface area (Å²) in [5.41, 5.74) is 1.52. The molecule has 6 nitrogen and oxygen atoms in total. The average Bonchev–Trinajstić information content (AvgIpc) is 3.74. The minimum Gasteiger partial charge on any atom is -0.468 e. The second kappa shape index (κ2) is 12.3. The monoisotopic (exact) mass is 533 g/mol. The Kier molecular flexibility index (Phi) is 8.65. The van der Waals surface area contributed by atoms with Crippen molar-refractivity contribution in [2.75, 3.05) is 13.1 Å². The molecule has 3 aromatic rings. The summed E-state index contributed by atoms with van der Waals surface area (Å²) in [6, 6.07) is 16.1. The fourth-order valence-electron chi connectivity index (χ4n) is 6.10. The van der Waals surface area contributed by atoms with Crippen molar-refractivity contribution in [2.45, 2.75) is 83.0 Å². The van der Waals surface area contributed by atoms with E-state index in [2.05, 4.69) is 35.0 Å². The second-order valence-electron chi connectivity index (χ2n) is 10.6. The number of fused-ring (bicyclic) bond motifs is 1. The van der Waals surface area contributed by atoms with Gasteiger partial charge >= 0.3 is 0 Å². The molecule has 3 heterocycles. The number of hydrogen-bond acceptors (Lipinski definition) is 5. The summed E-state index contributed by atoms with van der Waals surface area (Å²) in [4.78, 5) is 33.3. The van der Waals surface area contributed by atoms with Crippen LogP contribution in [-0.2, 0) is 11.3 Å². The number of hydrogen-bond donors (Lipinski definition) is 1. The van der Waals surface area contributed by atoms with E-state index in [4.69, 9.17) is 4.42 Å². The molecule has 1 N–H and O–H groups in total. The lowest BCUT2D eigenvalue weighted by atomic mass is 9.80. The normalized spacial score (nSPS) is 20.6. The standard InChI is InChI=1S/C31H39N3O3S/c1-3-22(2)33(21-24-13-8-19-37-24)18-10-17-32-30(35)28-25-14-6-7-15-26(25)31(36)34(23-11-4-5-12-23)29(28)27-16-9-20-38-27/h6-9,13-16,19-20,22-23,28-29H,3-5,10-12,17-18,21H2,1-2H3,(H,32,35). The van der Waals surface area contributed by atoms with Gasteiger partial charge in [0.1, 0.15) is 5.76 Å². The van der Waals surface area contributed by atoms with Crippen LogP contribution in [0.2, 0.25) is 0 Å². The highest BCUT2D eigenvalue weighted by Crippen LogP contribution is 2.47. The van der Waals surface area contributed by atoms with Crippen LogP contribution in [0, 0.1) is 0 Å². The van der Waals surface area contributed by atoms with Crippen molar-refractivity contribution in [1.82, 2.24) is 15.1 Å². The van der Waals surface area contributed by atoms with Crippen LogP contribution in [0.4, 0.5) is 0 Å². The van der Waals surface area contributed by atoms with E-state index in [1.807, 2.05) is 47.8 Å². The van der Waals surface area contributed by atoms with Gasteiger partial charge in [-0.05, 0) is 67.8 Å². The number of nitrogens with one attached hydrogen (secondary N) is 1. The maximum atomic E-state index is 14.0. The zero-order valence-electron chi connectivity index (χ0n) is 22.5. The maximum Gasteiger partial charge on any atom is 0.254 e. The molecule has 1 saturated carbocycles. The van der Waals surface area contributed by atoms with Gasteiger partial charge in [0.2, 0.25) is 5.91 Å². The molecule has 3 unspecified atom stereocenters. The Morgan fingerprint density at radius 1 is 1.16 bits per heavy atom. The van der Waals surface area contributed by atoms with Crippen molar-refractivity contribution in [3.05, 3.63) is 81.9 Å². The number of rotatable bonds is 11. The molecular formula is C31H39N3O3S. The minimum atomic E-state index is -0.420. The summed E-state index contributed by atoms with van der Waals surface area (Å²) in [5.74, 6) is 0.616. The van der Waals surface area contributed by atoms with Crippen LogP contribution in [0.1, 0.15) is 90.9 Å². The molecular weight excluding hydrogens is 494 g/mol. The van der Waals surface area contributed by atoms with Crippen LogP contribution >= 0.6 is 11.3 Å². The van der Waals surface area contributed by atoms with Crippen LogP contribution in [-0.4, -0.2) is 46.8 Å². The first-order valence-corrected chi connectivity index (χ1v) is 15.0. The zero-order chi connectivity index (χ0) is 26.5. The Bertz CT molecular complexity index is 1190. The molecule has 5 rings (SSSR count). The molecule has 0 spiro atoms. The third-order valence-electron chi connectivity index (χ3n) is 8.29. The molecule has 202 valence electrons. The smallest absolute Gasteiger partial charge is 0.254 e. The van der Waals surface area contributed by atoms with Crippen molar-refractivity contribution in [1.29, 1.82) is 0 Å². The lowest BCUT2D eigenvalue weighted by molar-refractivity contribution is -0.124. The van der Waals surface area contributed by atoms with Gasteiger partial charge in [0.15, 0.2) is 0 Å². The Labute approximate surface area is 230 Å². The van der Waals surface area contributed by atoms with Gasteiger partial charge in [-0.25, -0.2) is 0 Å². The predicted octanol–water partition coefficient (Wildman–Crippen LogP) is 6.37. The molecule has 2 aromatic heterocycles. The van der Waals surface area contributed by atoms with E-state index in [9.17, 15) is 9.59 Å². The third-order valence-corrected chi connectivity index (χ3v) is 9.23. The minimum absolute atomic E-state index is 0.00692. The Morgan fingerprint density at radius 2 is 1.97 bits per heavy atom. The number of carbonyl (C=O) groups is 2. The third kappa shape index (κ3) is 5.59. The van der Waals surface area contributed by atoms with Crippen LogP contribution in [0.3, 0.4) is 0 Å². The summed E-state index contributed by atoms with van der Waals surface area (Å²) in [6.45, 7) is 6.67. The van der Waals surface area contributed by atoms with Crippen LogP contribution in [0.25, 0.3) is 0 Å². The van der Waals surface area contributed by atoms with Crippen LogP contribution in [0.5, 0.6) is 0 Å². The summed E-state index contributed by atoms with van der Waals surface area (Å²) in [5, 5.41) is 5.31. The van der Waals surface area contributed by atoms with Gasteiger partial charge in [0.05, 0.1) is 24.8 Å². The molecule has 1 aliphatic heterocycles. The van der Waals surface area contributed by atoms with Crippen molar-refractivity contribution < 1.29 is 14.0 Å². The van der Waals surface area contributed by atoms with Gasteiger partial charge in [-0.2, -0.15) is 0 Å². The number of nitrogens with zero attached hydrogens (tertiary/aromatic N) is 2. The molecule has 1 fully saturated rings. The highest BCUT2D eigenvalue weighted by atomic mass is 32.1. The van der Waals surface area contributed by atoms with Gasteiger partial charge in [-0.15, -0.1) is 11.3 Å². The van der Waals surface area contributed by atoms with Gasteiger partial charge in [0, 0.05) is 35.6 Å². The van der Waals surface area contributed by atoms with Crippen molar-refractivity contribution in [2.24, 2.45) is 0 Å². The number of furan rings is 1. The molecule has 0 bridgehead atoms. The summed E-state index contributed by atoms with van der Waals surface area (Å²) < 4.78 is 5.58. The van der Waals surface area contributed by atoms with Crippen molar-refractivity contribution >= 4 is 23.2 Å². The summed E-state index contributed by atoms with van der Waals surface area (Å²) >= 11 is 1.64. The molecule has 2 amide bonds. The molecule has 7 heteroatoms. The van der Waals surface area contributed by atoms with Gasteiger partial charge < -0.3 is 14.6 Å². The zero-order valence-corrected chi connectivity index (χ0v) is 23.3. The molecule has 1 aliphatic carbocycles. The predicted molar refractivity (Wildman–Crippen MR) is 151 cm³/mol. The lowest BCUT2D eigenvalue weighted by Crippen LogP contribution is -2.50. The van der Waals surface area contributed by atoms with Gasteiger partial charge in [-0.1, -0.05) is 44.0 Å². The fraction of sp³-hybridized carbons (Fsp3) is 0.484.